The van der Waals surface area contributed by atoms with E-state index in [1.807, 2.05) is 30.3 Å². The number of aryl methyl sites for hydroxylation is 1. The van der Waals surface area contributed by atoms with Crippen LogP contribution in [0.15, 0.2) is 48.5 Å². The Labute approximate surface area is 220 Å². The smallest absolute Gasteiger partial charge is 0.490 e. The van der Waals surface area contributed by atoms with Crippen LogP contribution in [0.5, 0.6) is 5.75 Å². The number of benzene rings is 2. The van der Waals surface area contributed by atoms with Crippen LogP contribution >= 0.6 is 0 Å². The molecule has 1 amide bonds. The maximum absolute atomic E-state index is 12.6. The molecule has 0 bridgehead atoms. The van der Waals surface area contributed by atoms with Crippen molar-refractivity contribution >= 4 is 22.9 Å². The molecular weight excluding hydrogens is 499 g/mol. The SMILES string of the molecule is Cc1ccc(OCCn2c(CCNC(=O)C3CCCCCC3)nc3ccccc32)cc1.O=C(O)C(F)(F)F. The molecule has 4 rings (SSSR count). The fraction of sp³-hybridized carbons (Fsp3) is 0.464. The maximum atomic E-state index is 12.6. The summed E-state index contributed by atoms with van der Waals surface area (Å²) in [7, 11) is 0. The molecule has 2 aromatic carbocycles. The average molecular weight is 534 g/mol. The lowest BCUT2D eigenvalue weighted by Crippen LogP contribution is -2.32. The summed E-state index contributed by atoms with van der Waals surface area (Å²) in [5, 5.41) is 10.3. The predicted octanol–water partition coefficient (Wildman–Crippen LogP) is 5.69. The second kappa shape index (κ2) is 13.8. The van der Waals surface area contributed by atoms with E-state index in [4.69, 9.17) is 19.6 Å². The third-order valence-electron chi connectivity index (χ3n) is 6.45. The molecule has 1 fully saturated rings. The number of nitrogens with one attached hydrogen (secondary N) is 1. The quantitative estimate of drug-likeness (QED) is 0.363. The molecule has 0 spiro atoms. The molecule has 0 saturated heterocycles. The van der Waals surface area contributed by atoms with Gasteiger partial charge < -0.3 is 19.7 Å². The van der Waals surface area contributed by atoms with E-state index in [0.717, 1.165) is 48.4 Å². The number of carboxylic acids is 1. The van der Waals surface area contributed by atoms with Gasteiger partial charge in [-0.15, -0.1) is 0 Å². The summed E-state index contributed by atoms with van der Waals surface area (Å²) in [6.45, 7) is 3.99. The van der Waals surface area contributed by atoms with Gasteiger partial charge in [-0.25, -0.2) is 9.78 Å². The first kappa shape index (κ1) is 29.0. The van der Waals surface area contributed by atoms with Gasteiger partial charge in [0.05, 0.1) is 17.6 Å². The second-order valence-electron chi connectivity index (χ2n) is 9.36. The van der Waals surface area contributed by atoms with Gasteiger partial charge in [0.25, 0.3) is 0 Å². The summed E-state index contributed by atoms with van der Waals surface area (Å²) in [5.41, 5.74) is 3.32. The molecule has 0 unspecified atom stereocenters. The average Bonchev–Trinajstić information content (AvgIpc) is 3.03. The molecule has 1 aliphatic rings. The standard InChI is InChI=1S/C26H33N3O2.C2HF3O2/c1-20-12-14-22(15-13-20)31-19-18-29-24-11-7-6-10-23(24)28-25(29)16-17-27-26(30)21-8-4-2-3-5-9-21;3-2(4,5)1(6)7/h6-7,10-15,21H,2-5,8-9,16-19H2,1H3,(H,27,30);(H,6,7). The molecule has 1 aliphatic carbocycles. The summed E-state index contributed by atoms with van der Waals surface area (Å²) >= 11 is 0. The lowest BCUT2D eigenvalue weighted by Gasteiger charge is -2.15. The molecule has 206 valence electrons. The van der Waals surface area contributed by atoms with Crippen molar-refractivity contribution in [2.45, 2.75) is 64.6 Å². The van der Waals surface area contributed by atoms with Crippen LogP contribution in [0.3, 0.4) is 0 Å². The number of nitrogens with zero attached hydrogens (tertiary/aromatic N) is 2. The Bertz CT molecular complexity index is 1180. The van der Waals surface area contributed by atoms with Crippen LogP contribution in [0.4, 0.5) is 13.2 Å². The Morgan fingerprint density at radius 2 is 1.68 bits per heavy atom. The van der Waals surface area contributed by atoms with Gasteiger partial charge in [0.15, 0.2) is 0 Å². The first-order chi connectivity index (χ1) is 18.1. The number of imidazole rings is 1. The molecule has 0 aliphatic heterocycles. The van der Waals surface area contributed by atoms with Gasteiger partial charge in [-0.3, -0.25) is 4.79 Å². The predicted molar refractivity (Wildman–Crippen MR) is 138 cm³/mol. The molecule has 1 saturated carbocycles. The van der Waals surface area contributed by atoms with E-state index in [1.54, 1.807) is 0 Å². The Kier molecular flexibility index (Phi) is 10.6. The molecular formula is C28H34F3N3O4. The number of hydrogen-bond donors (Lipinski definition) is 2. The van der Waals surface area contributed by atoms with E-state index in [9.17, 15) is 18.0 Å². The van der Waals surface area contributed by atoms with Gasteiger partial charge in [0.1, 0.15) is 18.2 Å². The van der Waals surface area contributed by atoms with Gasteiger partial charge in [-0.05, 0) is 44.0 Å². The summed E-state index contributed by atoms with van der Waals surface area (Å²) in [6, 6.07) is 16.3. The van der Waals surface area contributed by atoms with E-state index >= 15 is 0 Å². The fourth-order valence-corrected chi connectivity index (χ4v) is 4.44. The zero-order valence-corrected chi connectivity index (χ0v) is 21.5. The number of halogens is 3. The monoisotopic (exact) mass is 533 g/mol. The highest BCUT2D eigenvalue weighted by Gasteiger charge is 2.38. The van der Waals surface area contributed by atoms with Crippen molar-refractivity contribution in [1.82, 2.24) is 14.9 Å². The summed E-state index contributed by atoms with van der Waals surface area (Å²) in [6.07, 6.45) is 2.57. The number of carboxylic acid groups (broad SMARTS) is 1. The van der Waals surface area contributed by atoms with Crippen LogP contribution in [0.2, 0.25) is 0 Å². The van der Waals surface area contributed by atoms with E-state index in [0.29, 0.717) is 13.2 Å². The number of hydrogen-bond acceptors (Lipinski definition) is 4. The van der Waals surface area contributed by atoms with Crippen LogP contribution in [0, 0.1) is 12.8 Å². The first-order valence-corrected chi connectivity index (χ1v) is 12.9. The minimum absolute atomic E-state index is 0.184. The lowest BCUT2D eigenvalue weighted by atomic mass is 9.99. The van der Waals surface area contributed by atoms with Crippen LogP contribution < -0.4 is 10.1 Å². The number of carbonyl (C=O) groups is 2. The largest absolute Gasteiger partial charge is 0.492 e. The van der Waals surface area contributed by atoms with Gasteiger partial charge in [0, 0.05) is 18.9 Å². The highest BCUT2D eigenvalue weighted by Crippen LogP contribution is 2.23. The van der Waals surface area contributed by atoms with Crippen molar-refractivity contribution < 1.29 is 32.6 Å². The highest BCUT2D eigenvalue weighted by atomic mass is 19.4. The summed E-state index contributed by atoms with van der Waals surface area (Å²) in [5.74, 6) is -0.480. The third kappa shape index (κ3) is 8.78. The van der Waals surface area contributed by atoms with Gasteiger partial charge in [-0.2, -0.15) is 13.2 Å². The van der Waals surface area contributed by atoms with Crippen molar-refractivity contribution in [2.75, 3.05) is 13.2 Å². The highest BCUT2D eigenvalue weighted by molar-refractivity contribution is 5.78. The normalized spacial score (nSPS) is 14.3. The van der Waals surface area contributed by atoms with Crippen LogP contribution in [0.25, 0.3) is 11.0 Å². The van der Waals surface area contributed by atoms with Crippen molar-refractivity contribution in [3.05, 3.63) is 59.9 Å². The third-order valence-corrected chi connectivity index (χ3v) is 6.45. The van der Waals surface area contributed by atoms with E-state index in [1.165, 1.54) is 31.2 Å². The van der Waals surface area contributed by atoms with Gasteiger partial charge >= 0.3 is 12.1 Å². The number of para-hydroxylation sites is 2. The first-order valence-electron chi connectivity index (χ1n) is 12.9. The molecule has 2 N–H and O–H groups in total. The van der Waals surface area contributed by atoms with Crippen LogP contribution in [-0.4, -0.2) is 45.9 Å². The van der Waals surface area contributed by atoms with Crippen molar-refractivity contribution in [3.63, 3.8) is 0 Å². The number of aromatic nitrogens is 2. The summed E-state index contributed by atoms with van der Waals surface area (Å²) < 4.78 is 39.9. The van der Waals surface area contributed by atoms with Crippen LogP contribution in [-0.2, 0) is 22.6 Å². The van der Waals surface area contributed by atoms with E-state index in [2.05, 4.69) is 35.0 Å². The topological polar surface area (TPSA) is 93.5 Å². The maximum Gasteiger partial charge on any atom is 0.490 e. The molecule has 38 heavy (non-hydrogen) atoms. The second-order valence-corrected chi connectivity index (χ2v) is 9.36. The number of ether oxygens (including phenoxy) is 1. The van der Waals surface area contributed by atoms with Crippen molar-refractivity contribution in [1.29, 1.82) is 0 Å². The number of amides is 1. The fourth-order valence-electron chi connectivity index (χ4n) is 4.44. The number of carbonyl (C=O) groups excluding carboxylic acids is 1. The Morgan fingerprint density at radius 1 is 1.05 bits per heavy atom. The number of alkyl halides is 3. The number of fused-ring (bicyclic) bond motifs is 1. The Balaban J connectivity index is 0.000000505. The minimum atomic E-state index is -5.08. The Morgan fingerprint density at radius 3 is 2.32 bits per heavy atom. The minimum Gasteiger partial charge on any atom is -0.492 e. The lowest BCUT2D eigenvalue weighted by molar-refractivity contribution is -0.192. The molecule has 0 radical (unpaired) electrons. The zero-order chi connectivity index (χ0) is 27.5. The van der Waals surface area contributed by atoms with Gasteiger partial charge in [-0.1, -0.05) is 55.5 Å². The van der Waals surface area contributed by atoms with E-state index in [-0.39, 0.29) is 11.8 Å². The molecule has 1 aromatic heterocycles. The number of rotatable bonds is 8. The number of aliphatic carboxylic acids is 1. The molecule has 0 atom stereocenters. The molecule has 10 heteroatoms. The van der Waals surface area contributed by atoms with Crippen LogP contribution in [0.1, 0.15) is 49.9 Å². The van der Waals surface area contributed by atoms with E-state index < -0.39 is 12.1 Å². The molecule has 1 heterocycles. The van der Waals surface area contributed by atoms with Gasteiger partial charge in [0.2, 0.25) is 5.91 Å². The Hall–Kier alpha value is -3.56. The summed E-state index contributed by atoms with van der Waals surface area (Å²) in [4.78, 5) is 26.3. The zero-order valence-electron chi connectivity index (χ0n) is 21.5. The van der Waals surface area contributed by atoms with Crippen molar-refractivity contribution in [2.24, 2.45) is 5.92 Å². The molecule has 7 nitrogen and oxygen atoms in total. The van der Waals surface area contributed by atoms with Crippen molar-refractivity contribution in [3.8, 4) is 5.75 Å². The molecule has 3 aromatic rings.